The van der Waals surface area contributed by atoms with E-state index in [0.717, 1.165) is 0 Å². The molecule has 0 saturated carbocycles. The van der Waals surface area contributed by atoms with Gasteiger partial charge in [-0.05, 0) is 6.07 Å². The fourth-order valence-electron chi connectivity index (χ4n) is 1.25. The molecule has 0 heterocycles. The van der Waals surface area contributed by atoms with Crippen LogP contribution in [0.3, 0.4) is 0 Å². The minimum Gasteiger partial charge on any atom is -0.398 e. The Morgan fingerprint density at radius 1 is 0.941 bits per heavy atom. The highest BCUT2D eigenvalue weighted by molar-refractivity contribution is 5.55. The molecule has 0 bridgehead atoms. The lowest BCUT2D eigenvalue weighted by Gasteiger charge is -2.16. The van der Waals surface area contributed by atoms with Gasteiger partial charge in [0.2, 0.25) is 18.2 Å². The van der Waals surface area contributed by atoms with E-state index >= 15 is 0 Å². The Balaban J connectivity index is 3.63. The number of nitrogens with two attached hydrogens (primary N) is 1. The van der Waals surface area contributed by atoms with Gasteiger partial charge in [-0.25, -0.2) is 14.4 Å². The lowest BCUT2D eigenvalue weighted by Crippen LogP contribution is -2.19. The summed E-state index contributed by atoms with van der Waals surface area (Å²) in [5, 5.41) is 0. The van der Waals surface area contributed by atoms with E-state index in [-0.39, 0.29) is 11.3 Å². The number of benzene rings is 1. The van der Waals surface area contributed by atoms with Crippen LogP contribution in [0.2, 0.25) is 0 Å². The number of isocyanates is 3. The molecule has 7 nitrogen and oxygen atoms in total. The lowest BCUT2D eigenvalue weighted by molar-refractivity contribution is 0.467. The van der Waals surface area contributed by atoms with Gasteiger partial charge < -0.3 is 5.73 Å². The Hall–Kier alpha value is -2.84. The standard InChI is InChI=1S/C10H6N4O3/c11-9-4-2-1-3-8(9)10(12-5-15,13-6-16)14-7-17/h1-4H,11H2. The van der Waals surface area contributed by atoms with Gasteiger partial charge in [-0.2, -0.15) is 0 Å². The highest BCUT2D eigenvalue weighted by atomic mass is 16.1. The summed E-state index contributed by atoms with van der Waals surface area (Å²) in [5.41, 5.74) is 5.88. The molecule has 0 amide bonds. The second kappa shape index (κ2) is 5.30. The number of para-hydroxylation sites is 1. The normalized spacial score (nSPS) is 12.2. The van der Waals surface area contributed by atoms with Gasteiger partial charge in [0.1, 0.15) is 0 Å². The number of hydrogen-bond acceptors (Lipinski definition) is 7. The molecular formula is C10H6N4O3. The number of nitrogens with zero attached hydrogens (tertiary/aromatic N) is 3. The summed E-state index contributed by atoms with van der Waals surface area (Å²) in [6.45, 7) is 0. The molecule has 0 unspecified atom stereocenters. The van der Waals surface area contributed by atoms with Crippen LogP contribution in [0.4, 0.5) is 5.69 Å². The number of hydrogen-bond donors (Lipinski definition) is 1. The van der Waals surface area contributed by atoms with Crippen molar-refractivity contribution >= 4 is 23.9 Å². The predicted octanol–water partition coefficient (Wildman–Crippen LogP) is 0.387. The average Bonchev–Trinajstić information content (AvgIpc) is 2.30. The number of carbonyl (C=O) groups excluding carboxylic acids is 3. The minimum absolute atomic E-state index is 0.0926. The van der Waals surface area contributed by atoms with Crippen LogP contribution in [0, 0.1) is 0 Å². The molecular weight excluding hydrogens is 224 g/mol. The first kappa shape index (κ1) is 12.2. The summed E-state index contributed by atoms with van der Waals surface area (Å²) in [4.78, 5) is 40.7. The zero-order chi connectivity index (χ0) is 12.7. The summed E-state index contributed by atoms with van der Waals surface area (Å²) in [5.74, 6) is -2.09. The number of rotatable bonds is 4. The second-order valence-corrected chi connectivity index (χ2v) is 2.83. The van der Waals surface area contributed by atoms with Gasteiger partial charge in [0.25, 0.3) is 0 Å². The summed E-state index contributed by atoms with van der Waals surface area (Å²) >= 11 is 0. The minimum atomic E-state index is -2.09. The molecule has 84 valence electrons. The van der Waals surface area contributed by atoms with Gasteiger partial charge in [0.05, 0.1) is 5.56 Å². The smallest absolute Gasteiger partial charge is 0.305 e. The lowest BCUT2D eigenvalue weighted by atomic mass is 10.1. The largest absolute Gasteiger partial charge is 0.398 e. The van der Waals surface area contributed by atoms with Crippen LogP contribution < -0.4 is 5.73 Å². The van der Waals surface area contributed by atoms with Crippen molar-refractivity contribution in [2.75, 3.05) is 5.73 Å². The molecule has 0 aliphatic carbocycles. The summed E-state index contributed by atoms with van der Waals surface area (Å²) in [7, 11) is 0. The Kier molecular flexibility index (Phi) is 3.81. The van der Waals surface area contributed by atoms with Crippen LogP contribution in [0.5, 0.6) is 0 Å². The number of aliphatic imine (C=N–C) groups is 3. The van der Waals surface area contributed by atoms with Crippen molar-refractivity contribution < 1.29 is 14.4 Å². The summed E-state index contributed by atoms with van der Waals surface area (Å²) < 4.78 is 0. The van der Waals surface area contributed by atoms with E-state index in [9.17, 15) is 14.4 Å². The molecule has 0 aliphatic rings. The summed E-state index contributed by atoms with van der Waals surface area (Å²) in [6.07, 6.45) is 3.53. The van der Waals surface area contributed by atoms with Crippen molar-refractivity contribution in [3.63, 3.8) is 0 Å². The van der Waals surface area contributed by atoms with Crippen molar-refractivity contribution in [3.05, 3.63) is 29.8 Å². The van der Waals surface area contributed by atoms with Crippen LogP contribution in [0.25, 0.3) is 0 Å². The fourth-order valence-corrected chi connectivity index (χ4v) is 1.25. The van der Waals surface area contributed by atoms with Gasteiger partial charge in [-0.1, -0.05) is 18.2 Å². The van der Waals surface area contributed by atoms with Gasteiger partial charge in [-0.3, -0.25) is 0 Å². The second-order valence-electron chi connectivity index (χ2n) is 2.83. The molecule has 0 saturated heterocycles. The van der Waals surface area contributed by atoms with Crippen LogP contribution in [-0.4, -0.2) is 18.2 Å². The van der Waals surface area contributed by atoms with E-state index in [1.54, 1.807) is 12.1 Å². The quantitative estimate of drug-likeness (QED) is 0.457. The summed E-state index contributed by atoms with van der Waals surface area (Å²) in [6, 6.07) is 6.06. The third kappa shape index (κ3) is 2.40. The zero-order valence-corrected chi connectivity index (χ0v) is 8.45. The van der Waals surface area contributed by atoms with Gasteiger partial charge in [0, 0.05) is 5.69 Å². The van der Waals surface area contributed by atoms with Gasteiger partial charge >= 0.3 is 5.79 Å². The maximum atomic E-state index is 10.3. The van der Waals surface area contributed by atoms with E-state index in [4.69, 9.17) is 5.73 Å². The Morgan fingerprint density at radius 3 is 1.82 bits per heavy atom. The van der Waals surface area contributed by atoms with E-state index in [1.807, 2.05) is 0 Å². The Bertz CT molecular complexity index is 519. The number of nitrogen functional groups attached to an aromatic ring is 1. The molecule has 0 fully saturated rings. The van der Waals surface area contributed by atoms with E-state index in [0.29, 0.717) is 0 Å². The molecule has 7 heteroatoms. The predicted molar refractivity (Wildman–Crippen MR) is 56.9 cm³/mol. The first-order valence-corrected chi connectivity index (χ1v) is 4.32. The van der Waals surface area contributed by atoms with Crippen molar-refractivity contribution in [1.29, 1.82) is 0 Å². The fraction of sp³-hybridized carbons (Fsp3) is 0.100. The topological polar surface area (TPSA) is 114 Å². The molecule has 1 aromatic carbocycles. The van der Waals surface area contributed by atoms with Crippen molar-refractivity contribution in [3.8, 4) is 0 Å². The van der Waals surface area contributed by atoms with Gasteiger partial charge in [-0.15, -0.1) is 15.0 Å². The molecule has 17 heavy (non-hydrogen) atoms. The highest BCUT2D eigenvalue weighted by Gasteiger charge is 2.33. The first-order chi connectivity index (χ1) is 8.20. The molecule has 0 radical (unpaired) electrons. The van der Waals surface area contributed by atoms with E-state index < -0.39 is 5.79 Å². The number of anilines is 1. The molecule has 0 spiro atoms. The van der Waals surface area contributed by atoms with Crippen molar-refractivity contribution in [2.24, 2.45) is 15.0 Å². The molecule has 1 rings (SSSR count). The maximum absolute atomic E-state index is 10.3. The van der Waals surface area contributed by atoms with Crippen molar-refractivity contribution in [2.45, 2.75) is 5.79 Å². The molecule has 2 N–H and O–H groups in total. The SMILES string of the molecule is Nc1ccccc1C(N=C=O)(N=C=O)N=C=O. The highest BCUT2D eigenvalue weighted by Crippen LogP contribution is 2.32. The first-order valence-electron chi connectivity index (χ1n) is 4.32. The monoisotopic (exact) mass is 230 g/mol. The molecule has 0 aliphatic heterocycles. The third-order valence-corrected chi connectivity index (χ3v) is 1.93. The van der Waals surface area contributed by atoms with Crippen molar-refractivity contribution in [1.82, 2.24) is 0 Å². The maximum Gasteiger partial charge on any atom is 0.305 e. The molecule has 1 aromatic rings. The molecule has 0 atom stereocenters. The van der Waals surface area contributed by atoms with Crippen LogP contribution >= 0.6 is 0 Å². The third-order valence-electron chi connectivity index (χ3n) is 1.93. The van der Waals surface area contributed by atoms with Crippen LogP contribution in [-0.2, 0) is 20.2 Å². The Labute approximate surface area is 95.4 Å². The molecule has 0 aromatic heterocycles. The zero-order valence-electron chi connectivity index (χ0n) is 8.45. The van der Waals surface area contributed by atoms with Crippen LogP contribution in [0.15, 0.2) is 39.2 Å². The van der Waals surface area contributed by atoms with Crippen LogP contribution in [0.1, 0.15) is 5.56 Å². The van der Waals surface area contributed by atoms with E-state index in [1.165, 1.54) is 30.4 Å². The average molecular weight is 230 g/mol. The van der Waals surface area contributed by atoms with Gasteiger partial charge in [0.15, 0.2) is 0 Å². The Morgan fingerprint density at radius 2 is 1.41 bits per heavy atom. The van der Waals surface area contributed by atoms with E-state index in [2.05, 4.69) is 15.0 Å².